The molecule has 7 rings (SSSR count). The molecule has 266 valence electrons. The van der Waals surface area contributed by atoms with Crippen molar-refractivity contribution in [3.8, 4) is 11.4 Å². The van der Waals surface area contributed by atoms with E-state index in [0.717, 1.165) is 64.2 Å². The summed E-state index contributed by atoms with van der Waals surface area (Å²) in [7, 11) is 4.25. The number of rotatable bonds is 8. The summed E-state index contributed by atoms with van der Waals surface area (Å²) in [5.74, 6) is 1.91. The maximum Gasteiger partial charge on any atom is 0.357 e. The van der Waals surface area contributed by atoms with E-state index >= 15 is 0 Å². The van der Waals surface area contributed by atoms with Gasteiger partial charge in [0.2, 0.25) is 0 Å². The number of carbonyl (C=O) groups excluding carboxylic acids is 2. The molecule has 1 N–H and O–H groups in total. The molecule has 5 aromatic rings. The SMILES string of the molecule is Cc1ccc(-n2nc(C(C)(C)C)cc2N(OC=O)C(=O)N[C@H]2CC[C@@H](Oc3ccc4nnc(C5CN(C)CCN5C)n4c3)c3ccccc32)cc1. The van der Waals surface area contributed by atoms with Crippen LogP contribution in [0.4, 0.5) is 10.6 Å². The Kier molecular flexibility index (Phi) is 9.25. The Morgan fingerprint density at radius 2 is 1.75 bits per heavy atom. The van der Waals surface area contributed by atoms with Gasteiger partial charge in [0, 0.05) is 31.1 Å². The molecular formula is C38H45N9O4. The fourth-order valence-electron chi connectivity index (χ4n) is 6.88. The Bertz CT molecular complexity index is 2030. The van der Waals surface area contributed by atoms with Crippen LogP contribution < -0.4 is 15.1 Å². The smallest absolute Gasteiger partial charge is 0.357 e. The maximum atomic E-state index is 14.0. The van der Waals surface area contributed by atoms with Crippen molar-refractivity contribution in [1.29, 1.82) is 0 Å². The van der Waals surface area contributed by atoms with Gasteiger partial charge in [0.15, 0.2) is 17.3 Å². The Morgan fingerprint density at radius 1 is 0.980 bits per heavy atom. The van der Waals surface area contributed by atoms with E-state index in [1.165, 1.54) is 0 Å². The second-order valence-corrected chi connectivity index (χ2v) is 14.6. The summed E-state index contributed by atoms with van der Waals surface area (Å²) >= 11 is 0. The highest BCUT2D eigenvalue weighted by Gasteiger charge is 2.34. The summed E-state index contributed by atoms with van der Waals surface area (Å²) in [5, 5.41) is 17.9. The van der Waals surface area contributed by atoms with Gasteiger partial charge >= 0.3 is 12.5 Å². The lowest BCUT2D eigenvalue weighted by molar-refractivity contribution is -0.129. The van der Waals surface area contributed by atoms with Crippen molar-refractivity contribution in [2.75, 3.05) is 38.8 Å². The van der Waals surface area contributed by atoms with Gasteiger partial charge < -0.3 is 19.8 Å². The van der Waals surface area contributed by atoms with Crippen molar-refractivity contribution < 1.29 is 19.2 Å². The third-order valence-corrected chi connectivity index (χ3v) is 9.84. The molecule has 1 fully saturated rings. The molecule has 2 aliphatic rings. The number of likely N-dealkylation sites (N-methyl/N-ethyl adjacent to an activating group) is 2. The molecule has 13 heteroatoms. The highest BCUT2D eigenvalue weighted by molar-refractivity contribution is 5.90. The van der Waals surface area contributed by atoms with Crippen molar-refractivity contribution in [1.82, 2.24) is 39.5 Å². The topological polar surface area (TPSA) is 122 Å². The van der Waals surface area contributed by atoms with Gasteiger partial charge in [0.05, 0.1) is 29.7 Å². The molecule has 13 nitrogen and oxygen atoms in total. The zero-order valence-corrected chi connectivity index (χ0v) is 30.0. The van der Waals surface area contributed by atoms with Crippen LogP contribution in [-0.4, -0.2) is 80.4 Å². The van der Waals surface area contributed by atoms with Crippen LogP contribution in [0.3, 0.4) is 0 Å². The van der Waals surface area contributed by atoms with Crippen molar-refractivity contribution >= 4 is 24.0 Å². The largest absolute Gasteiger partial charge is 0.484 e. The Labute approximate surface area is 297 Å². The molecule has 2 amide bonds. The van der Waals surface area contributed by atoms with Gasteiger partial charge in [-0.05, 0) is 69.3 Å². The summed E-state index contributed by atoms with van der Waals surface area (Å²) in [5.41, 5.74) is 4.92. The highest BCUT2D eigenvalue weighted by atomic mass is 16.7. The molecule has 1 aliphatic carbocycles. The van der Waals surface area contributed by atoms with Gasteiger partial charge in [-0.15, -0.1) is 15.3 Å². The maximum absolute atomic E-state index is 14.0. The molecule has 3 atom stereocenters. The number of pyridine rings is 1. The molecule has 0 bridgehead atoms. The van der Waals surface area contributed by atoms with Crippen molar-refractivity contribution in [2.24, 2.45) is 0 Å². The molecule has 0 saturated carbocycles. The number of nitrogens with one attached hydrogen (secondary N) is 1. The van der Waals surface area contributed by atoms with Crippen molar-refractivity contribution in [3.05, 3.63) is 101 Å². The summed E-state index contributed by atoms with van der Waals surface area (Å²) < 4.78 is 10.3. The van der Waals surface area contributed by atoms with Crippen molar-refractivity contribution in [2.45, 2.75) is 64.1 Å². The number of hydrogen-bond donors (Lipinski definition) is 1. The van der Waals surface area contributed by atoms with Gasteiger partial charge in [0.25, 0.3) is 0 Å². The molecule has 2 aromatic carbocycles. The van der Waals surface area contributed by atoms with Gasteiger partial charge in [-0.3, -0.25) is 14.1 Å². The first-order valence-corrected chi connectivity index (χ1v) is 17.4. The number of piperazine rings is 1. The van der Waals surface area contributed by atoms with Crippen molar-refractivity contribution in [3.63, 3.8) is 0 Å². The van der Waals surface area contributed by atoms with Gasteiger partial charge in [-0.1, -0.05) is 62.7 Å². The van der Waals surface area contributed by atoms with E-state index < -0.39 is 6.03 Å². The van der Waals surface area contributed by atoms with E-state index in [9.17, 15) is 9.59 Å². The molecule has 1 aliphatic heterocycles. The average molecular weight is 692 g/mol. The van der Waals surface area contributed by atoms with E-state index in [1.807, 2.05) is 99.0 Å². The van der Waals surface area contributed by atoms with Crippen LogP contribution in [-0.2, 0) is 15.0 Å². The summed E-state index contributed by atoms with van der Waals surface area (Å²) in [4.78, 5) is 35.8. The van der Waals surface area contributed by atoms with E-state index in [1.54, 1.807) is 10.7 Å². The Morgan fingerprint density at radius 3 is 2.49 bits per heavy atom. The van der Waals surface area contributed by atoms with E-state index in [2.05, 4.69) is 39.4 Å². The minimum Gasteiger partial charge on any atom is -0.484 e. The molecule has 3 aromatic heterocycles. The van der Waals surface area contributed by atoms with Crippen LogP contribution in [0, 0.1) is 6.92 Å². The number of ether oxygens (including phenoxy) is 1. The molecule has 51 heavy (non-hydrogen) atoms. The van der Waals surface area contributed by atoms with Gasteiger partial charge in [0.1, 0.15) is 11.9 Å². The minimum atomic E-state index is -0.584. The first kappa shape index (κ1) is 34.2. The third-order valence-electron chi connectivity index (χ3n) is 9.84. The Balaban J connectivity index is 1.14. The zero-order valence-electron chi connectivity index (χ0n) is 30.0. The van der Waals surface area contributed by atoms with E-state index in [-0.39, 0.29) is 30.1 Å². The predicted molar refractivity (Wildman–Crippen MR) is 193 cm³/mol. The molecular weight excluding hydrogens is 646 g/mol. The molecule has 1 unspecified atom stereocenters. The van der Waals surface area contributed by atoms with E-state index in [4.69, 9.17) is 14.7 Å². The molecule has 0 spiro atoms. The molecule has 0 radical (unpaired) electrons. The second-order valence-electron chi connectivity index (χ2n) is 14.6. The number of aromatic nitrogens is 5. The Hall–Kier alpha value is -5.27. The highest BCUT2D eigenvalue weighted by Crippen LogP contribution is 2.39. The van der Waals surface area contributed by atoms with E-state index in [0.29, 0.717) is 24.4 Å². The van der Waals surface area contributed by atoms with Crippen LogP contribution >= 0.6 is 0 Å². The molecule has 1 saturated heterocycles. The standard InChI is InChI=1S/C38H45N9O4/c1-25-11-13-26(14-12-25)46-35(21-33(42-46)38(2,3)4)47(50-24-48)37(49)39-30-16-17-32(29-10-8-7-9-28(29)30)51-27-15-18-34-40-41-36(45(34)22-27)31-23-43(5)19-20-44(31)6/h7-15,18,21-22,24,30-32H,16-17,19-20,23H2,1-6H3,(H,39,49)/t30-,31?,32+/m0/s1. The van der Waals surface area contributed by atoms with Crippen LogP contribution in [0.2, 0.25) is 0 Å². The quantitative estimate of drug-likeness (QED) is 0.161. The van der Waals surface area contributed by atoms with Gasteiger partial charge in [-0.25, -0.2) is 9.48 Å². The lowest BCUT2D eigenvalue weighted by atomic mass is 9.85. The van der Waals surface area contributed by atoms with Crippen LogP contribution in [0.15, 0.2) is 72.9 Å². The first-order valence-electron chi connectivity index (χ1n) is 17.4. The predicted octanol–water partition coefficient (Wildman–Crippen LogP) is 5.70. The number of urea groups is 1. The lowest BCUT2D eigenvalue weighted by Gasteiger charge is -2.36. The minimum absolute atomic E-state index is 0.118. The van der Waals surface area contributed by atoms with Crippen LogP contribution in [0.5, 0.6) is 5.75 Å². The number of carbonyl (C=O) groups is 2. The first-order chi connectivity index (χ1) is 24.5. The zero-order chi connectivity index (χ0) is 35.9. The number of aryl methyl sites for hydroxylation is 1. The second kappa shape index (κ2) is 13.8. The number of anilines is 1. The number of amides is 2. The number of hydroxylamine groups is 1. The number of fused-ring (bicyclic) bond motifs is 2. The average Bonchev–Trinajstić information content (AvgIpc) is 3.75. The lowest BCUT2D eigenvalue weighted by Crippen LogP contribution is -2.45. The summed E-state index contributed by atoms with van der Waals surface area (Å²) in [6.45, 7) is 11.2. The number of hydrogen-bond acceptors (Lipinski definition) is 9. The van der Waals surface area contributed by atoms with Gasteiger partial charge in [-0.2, -0.15) is 5.10 Å². The normalized spacial score (nSPS) is 19.8. The fraction of sp³-hybridized carbons (Fsp3) is 0.395. The van der Waals surface area contributed by atoms with Crippen LogP contribution in [0.25, 0.3) is 11.3 Å². The van der Waals surface area contributed by atoms with Crippen LogP contribution in [0.1, 0.15) is 80.0 Å². The summed E-state index contributed by atoms with van der Waals surface area (Å²) in [6.07, 6.45) is 2.98. The summed E-state index contributed by atoms with van der Waals surface area (Å²) in [6, 6.07) is 20.6. The number of benzene rings is 2. The third kappa shape index (κ3) is 6.91. The molecule has 4 heterocycles. The monoisotopic (exact) mass is 691 g/mol. The number of nitrogens with zero attached hydrogens (tertiary/aromatic N) is 8. The fourth-order valence-corrected chi connectivity index (χ4v) is 6.88.